The van der Waals surface area contributed by atoms with E-state index < -0.39 is 0 Å². The Hall–Kier alpha value is -2.04. The van der Waals surface area contributed by atoms with Crippen LogP contribution in [0.5, 0.6) is 5.75 Å². The summed E-state index contributed by atoms with van der Waals surface area (Å²) in [5.41, 5.74) is 3.61. The number of hydrogen-bond donors (Lipinski definition) is 0. The fourth-order valence-electron chi connectivity index (χ4n) is 7.52. The summed E-state index contributed by atoms with van der Waals surface area (Å²) >= 11 is 0. The van der Waals surface area contributed by atoms with Gasteiger partial charge in [-0.25, -0.2) is 0 Å². The van der Waals surface area contributed by atoms with Gasteiger partial charge >= 0.3 is 0 Å². The van der Waals surface area contributed by atoms with E-state index in [0.29, 0.717) is 32.1 Å². The Balaban J connectivity index is 1.12. The first-order chi connectivity index (χ1) is 15.3. The molecule has 0 radical (unpaired) electrons. The first-order valence-electron chi connectivity index (χ1n) is 12.6. The Bertz CT molecular complexity index is 865. The van der Waals surface area contributed by atoms with Crippen molar-refractivity contribution in [1.29, 1.82) is 0 Å². The van der Waals surface area contributed by atoms with Crippen molar-refractivity contribution < 1.29 is 14.3 Å². The van der Waals surface area contributed by atoms with Crippen molar-refractivity contribution in [2.24, 2.45) is 23.2 Å². The minimum Gasteiger partial charge on any atom is -0.483 e. The number of nitrogens with zero attached hydrogens (tertiary/aromatic N) is 2. The van der Waals surface area contributed by atoms with Crippen LogP contribution < -0.4 is 4.74 Å². The average molecular weight is 439 g/mol. The summed E-state index contributed by atoms with van der Waals surface area (Å²) in [7, 11) is 0. The van der Waals surface area contributed by atoms with Crippen LogP contribution >= 0.6 is 0 Å². The molecule has 1 saturated heterocycles. The number of aryl methyl sites for hydroxylation is 2. The number of piperazine rings is 1. The predicted octanol–water partition coefficient (Wildman–Crippen LogP) is 4.27. The highest BCUT2D eigenvalue weighted by Gasteiger charge is 2.51. The smallest absolute Gasteiger partial charge is 0.260 e. The zero-order valence-electron chi connectivity index (χ0n) is 20.0. The lowest BCUT2D eigenvalue weighted by atomic mass is 9.49. The van der Waals surface area contributed by atoms with Crippen LogP contribution in [0.25, 0.3) is 0 Å². The summed E-state index contributed by atoms with van der Waals surface area (Å²) in [6, 6.07) is 4.12. The lowest BCUT2D eigenvalue weighted by Crippen LogP contribution is -2.53. The van der Waals surface area contributed by atoms with E-state index in [-0.39, 0.29) is 17.9 Å². The molecule has 0 N–H and O–H groups in total. The molecule has 5 fully saturated rings. The summed E-state index contributed by atoms with van der Waals surface area (Å²) < 4.78 is 5.92. The Kier molecular flexibility index (Phi) is 5.71. The molecule has 174 valence electrons. The van der Waals surface area contributed by atoms with E-state index in [9.17, 15) is 9.59 Å². The molecule has 5 nitrogen and oxygen atoms in total. The summed E-state index contributed by atoms with van der Waals surface area (Å²) in [6.07, 6.45) is 8.81. The van der Waals surface area contributed by atoms with Gasteiger partial charge in [-0.2, -0.15) is 0 Å². The van der Waals surface area contributed by atoms with Gasteiger partial charge in [-0.15, -0.1) is 0 Å². The molecule has 1 aromatic rings. The lowest BCUT2D eigenvalue weighted by molar-refractivity contribution is -0.145. The van der Waals surface area contributed by atoms with Gasteiger partial charge in [-0.05, 0) is 99.2 Å². The Morgan fingerprint density at radius 1 is 0.844 bits per heavy atom. The predicted molar refractivity (Wildman–Crippen MR) is 125 cm³/mol. The number of carbonyl (C=O) groups excluding carboxylic acids is 2. The highest BCUT2D eigenvalue weighted by atomic mass is 16.5. The molecule has 4 aliphatic carbocycles. The van der Waals surface area contributed by atoms with Crippen molar-refractivity contribution >= 4 is 11.8 Å². The van der Waals surface area contributed by atoms with Gasteiger partial charge in [0.15, 0.2) is 6.61 Å². The molecule has 5 aliphatic rings. The molecule has 4 bridgehead atoms. The van der Waals surface area contributed by atoms with Crippen molar-refractivity contribution in [3.8, 4) is 5.75 Å². The molecule has 0 atom stereocenters. The molecule has 5 heteroatoms. The van der Waals surface area contributed by atoms with Crippen LogP contribution in [-0.2, 0) is 9.59 Å². The molecule has 1 aliphatic heterocycles. The monoisotopic (exact) mass is 438 g/mol. The normalized spacial score (nSPS) is 31.2. The van der Waals surface area contributed by atoms with E-state index in [1.54, 1.807) is 0 Å². The summed E-state index contributed by atoms with van der Waals surface area (Å²) in [4.78, 5) is 29.8. The fourth-order valence-corrected chi connectivity index (χ4v) is 7.52. The van der Waals surface area contributed by atoms with Crippen molar-refractivity contribution in [3.05, 3.63) is 28.8 Å². The quantitative estimate of drug-likeness (QED) is 0.690. The summed E-state index contributed by atoms with van der Waals surface area (Å²) in [5, 5.41) is 0. The molecule has 0 unspecified atom stereocenters. The van der Waals surface area contributed by atoms with Crippen molar-refractivity contribution in [1.82, 2.24) is 9.80 Å². The molecular weight excluding hydrogens is 400 g/mol. The second-order valence-corrected chi connectivity index (χ2v) is 11.3. The van der Waals surface area contributed by atoms with Crippen LogP contribution in [0.1, 0.15) is 61.6 Å². The molecule has 32 heavy (non-hydrogen) atoms. The largest absolute Gasteiger partial charge is 0.483 e. The molecule has 2 amide bonds. The highest BCUT2D eigenvalue weighted by Crippen LogP contribution is 2.61. The van der Waals surface area contributed by atoms with E-state index in [1.165, 1.54) is 44.1 Å². The molecule has 4 saturated carbocycles. The van der Waals surface area contributed by atoms with Gasteiger partial charge in [0.05, 0.1) is 0 Å². The third-order valence-corrected chi connectivity index (χ3v) is 8.89. The van der Waals surface area contributed by atoms with E-state index >= 15 is 0 Å². The molecule has 1 heterocycles. The molecule has 6 rings (SSSR count). The minimum absolute atomic E-state index is 0.0125. The van der Waals surface area contributed by atoms with Crippen LogP contribution in [0, 0.1) is 43.9 Å². The number of hydrogen-bond acceptors (Lipinski definition) is 3. The van der Waals surface area contributed by atoms with Gasteiger partial charge in [0.1, 0.15) is 5.75 Å². The van der Waals surface area contributed by atoms with Crippen molar-refractivity contribution in [2.45, 2.75) is 65.7 Å². The first kappa shape index (κ1) is 21.8. The third kappa shape index (κ3) is 4.15. The number of ether oxygens (including phenoxy) is 1. The van der Waals surface area contributed by atoms with E-state index in [4.69, 9.17) is 4.74 Å². The Labute approximate surface area is 192 Å². The maximum absolute atomic E-state index is 13.2. The zero-order valence-corrected chi connectivity index (χ0v) is 20.0. The van der Waals surface area contributed by atoms with Crippen molar-refractivity contribution in [2.75, 3.05) is 32.8 Å². The second-order valence-electron chi connectivity index (χ2n) is 11.3. The van der Waals surface area contributed by atoms with Crippen LogP contribution in [0.3, 0.4) is 0 Å². The molecule has 0 spiro atoms. The molecular formula is C27H38N2O3. The standard InChI is InChI=1S/C27H38N2O3/c1-18-4-5-19(2)26(20(18)3)32-17-25(31)29-8-6-28(7-9-29)24(30)16-27-13-21-10-22(14-27)12-23(11-21)15-27/h4-5,21-23H,6-17H2,1-3H3. The van der Waals surface area contributed by atoms with Crippen molar-refractivity contribution in [3.63, 3.8) is 0 Å². The maximum atomic E-state index is 13.2. The number of benzene rings is 1. The van der Waals surface area contributed by atoms with Gasteiger partial charge in [0.2, 0.25) is 5.91 Å². The lowest BCUT2D eigenvalue weighted by Gasteiger charge is -2.57. The van der Waals surface area contributed by atoms with Gasteiger partial charge in [-0.3, -0.25) is 9.59 Å². The maximum Gasteiger partial charge on any atom is 0.260 e. The van der Waals surface area contributed by atoms with Crippen LogP contribution in [0.4, 0.5) is 0 Å². The third-order valence-electron chi connectivity index (χ3n) is 8.89. The van der Waals surface area contributed by atoms with E-state index in [2.05, 4.69) is 13.0 Å². The topological polar surface area (TPSA) is 49.9 Å². The number of amides is 2. The Morgan fingerprint density at radius 2 is 1.34 bits per heavy atom. The van der Waals surface area contributed by atoms with E-state index in [0.717, 1.165) is 41.1 Å². The van der Waals surface area contributed by atoms with Gasteiger partial charge in [0.25, 0.3) is 5.91 Å². The number of rotatable bonds is 5. The van der Waals surface area contributed by atoms with Crippen LogP contribution in [0.2, 0.25) is 0 Å². The SMILES string of the molecule is Cc1ccc(C)c(OCC(=O)N2CCN(C(=O)CC34CC5CC(CC(C5)C3)C4)CC2)c1C. The summed E-state index contributed by atoms with van der Waals surface area (Å²) in [6.45, 7) is 8.70. The van der Waals surface area contributed by atoms with Crippen LogP contribution in [0.15, 0.2) is 12.1 Å². The van der Waals surface area contributed by atoms with Gasteiger partial charge in [-0.1, -0.05) is 12.1 Å². The average Bonchev–Trinajstić information content (AvgIpc) is 2.75. The first-order valence-corrected chi connectivity index (χ1v) is 12.6. The summed E-state index contributed by atoms with van der Waals surface area (Å²) in [5.74, 6) is 3.79. The van der Waals surface area contributed by atoms with Crippen LogP contribution in [-0.4, -0.2) is 54.4 Å². The van der Waals surface area contributed by atoms with E-state index in [1.807, 2.05) is 29.7 Å². The van der Waals surface area contributed by atoms with Gasteiger partial charge in [0, 0.05) is 32.6 Å². The minimum atomic E-state index is 0.0125. The highest BCUT2D eigenvalue weighted by molar-refractivity contribution is 5.80. The fraction of sp³-hybridized carbons (Fsp3) is 0.704. The molecule has 0 aromatic heterocycles. The Morgan fingerprint density at radius 3 is 1.91 bits per heavy atom. The second kappa shape index (κ2) is 8.39. The molecule has 1 aromatic carbocycles. The number of carbonyl (C=O) groups is 2. The van der Waals surface area contributed by atoms with Gasteiger partial charge < -0.3 is 14.5 Å². The zero-order chi connectivity index (χ0) is 22.5.